The molecule has 0 aliphatic heterocycles. The van der Waals surface area contributed by atoms with Crippen LogP contribution in [0, 0.1) is 5.92 Å². The van der Waals surface area contributed by atoms with Crippen molar-refractivity contribution >= 4 is 12.0 Å². The zero-order valence-electron chi connectivity index (χ0n) is 12.3. The van der Waals surface area contributed by atoms with Gasteiger partial charge in [-0.2, -0.15) is 0 Å². The van der Waals surface area contributed by atoms with E-state index in [0.717, 1.165) is 38.0 Å². The minimum absolute atomic E-state index is 0.110. The number of carboxylic acid groups (broad SMARTS) is 1. The summed E-state index contributed by atoms with van der Waals surface area (Å²) in [6, 6.07) is -0.221. The van der Waals surface area contributed by atoms with Crippen LogP contribution in [0.1, 0.15) is 64.7 Å². The Morgan fingerprint density at radius 3 is 2.30 bits per heavy atom. The normalized spacial score (nSPS) is 23.4. The van der Waals surface area contributed by atoms with Gasteiger partial charge in [0.1, 0.15) is 5.54 Å². The van der Waals surface area contributed by atoms with Gasteiger partial charge in [-0.15, -0.1) is 0 Å². The first-order valence-electron chi connectivity index (χ1n) is 7.84. The number of aliphatic carboxylic acids is 1. The van der Waals surface area contributed by atoms with Crippen molar-refractivity contribution in [3.05, 3.63) is 0 Å². The van der Waals surface area contributed by atoms with E-state index in [2.05, 4.69) is 10.6 Å². The van der Waals surface area contributed by atoms with E-state index in [9.17, 15) is 14.7 Å². The van der Waals surface area contributed by atoms with Crippen LogP contribution in [0.25, 0.3) is 0 Å². The summed E-state index contributed by atoms with van der Waals surface area (Å²) in [5, 5.41) is 15.1. The Hall–Kier alpha value is -1.26. The number of amides is 2. The number of carbonyl (C=O) groups is 2. The molecule has 0 radical (unpaired) electrons. The molecule has 0 spiro atoms. The highest BCUT2D eigenvalue weighted by Gasteiger charge is 2.40. The van der Waals surface area contributed by atoms with E-state index in [1.807, 2.05) is 6.92 Å². The summed E-state index contributed by atoms with van der Waals surface area (Å²) in [6.45, 7) is 1.98. The highest BCUT2D eigenvalue weighted by molar-refractivity contribution is 5.86. The second-order valence-corrected chi connectivity index (χ2v) is 6.48. The van der Waals surface area contributed by atoms with Crippen molar-refractivity contribution in [1.82, 2.24) is 10.6 Å². The molecule has 5 heteroatoms. The van der Waals surface area contributed by atoms with Gasteiger partial charge in [0, 0.05) is 6.04 Å². The lowest BCUT2D eigenvalue weighted by molar-refractivity contribution is -0.145. The maximum Gasteiger partial charge on any atom is 0.329 e. The van der Waals surface area contributed by atoms with Crippen LogP contribution in [0.2, 0.25) is 0 Å². The molecule has 114 valence electrons. The van der Waals surface area contributed by atoms with E-state index in [4.69, 9.17) is 0 Å². The molecule has 0 aromatic rings. The molecule has 20 heavy (non-hydrogen) atoms. The van der Waals surface area contributed by atoms with Crippen molar-refractivity contribution < 1.29 is 14.7 Å². The maximum absolute atomic E-state index is 12.1. The first kappa shape index (κ1) is 15.1. The molecule has 0 bridgehead atoms. The van der Waals surface area contributed by atoms with Gasteiger partial charge in [0.25, 0.3) is 0 Å². The molecule has 0 aromatic heterocycles. The molecule has 3 N–H and O–H groups in total. The number of hydrogen-bond acceptors (Lipinski definition) is 2. The second kappa shape index (κ2) is 6.46. The maximum atomic E-state index is 12.1. The minimum Gasteiger partial charge on any atom is -0.480 e. The average Bonchev–Trinajstić information content (AvgIpc) is 3.16. The molecule has 2 aliphatic rings. The quantitative estimate of drug-likeness (QED) is 0.678. The monoisotopic (exact) mass is 282 g/mol. The van der Waals surface area contributed by atoms with Gasteiger partial charge >= 0.3 is 12.0 Å². The summed E-state index contributed by atoms with van der Waals surface area (Å²) >= 11 is 0. The van der Waals surface area contributed by atoms with Crippen LogP contribution in [-0.4, -0.2) is 28.7 Å². The number of hydrogen-bond donors (Lipinski definition) is 3. The molecule has 0 saturated heterocycles. The number of carbonyl (C=O) groups excluding carboxylic acids is 1. The zero-order chi connectivity index (χ0) is 14.6. The van der Waals surface area contributed by atoms with Crippen LogP contribution in [0.5, 0.6) is 0 Å². The van der Waals surface area contributed by atoms with Gasteiger partial charge in [0.15, 0.2) is 0 Å². The Bertz CT molecular complexity index is 358. The lowest BCUT2D eigenvalue weighted by Gasteiger charge is -2.30. The molecule has 2 fully saturated rings. The summed E-state index contributed by atoms with van der Waals surface area (Å²) in [4.78, 5) is 23.7. The molecule has 0 heterocycles. The molecular formula is C15H26N2O3. The smallest absolute Gasteiger partial charge is 0.329 e. The highest BCUT2D eigenvalue weighted by atomic mass is 16.4. The molecule has 2 amide bonds. The van der Waals surface area contributed by atoms with E-state index in [-0.39, 0.29) is 12.1 Å². The summed E-state index contributed by atoms with van der Waals surface area (Å²) in [6.07, 6.45) is 8.41. The first-order chi connectivity index (χ1) is 9.52. The Kier molecular flexibility index (Phi) is 4.89. The van der Waals surface area contributed by atoms with Crippen molar-refractivity contribution in [2.45, 2.75) is 76.3 Å². The number of carboxylic acids is 1. The summed E-state index contributed by atoms with van der Waals surface area (Å²) < 4.78 is 0. The Balaban J connectivity index is 1.89. The first-order valence-corrected chi connectivity index (χ1v) is 7.84. The standard InChI is InChI=1S/C15H26N2O3/c1-11(10-12-6-7-12)16-14(20)17-15(13(18)19)8-4-2-3-5-9-15/h11-12H,2-10H2,1H3,(H,18,19)(H2,16,17,20). The lowest BCUT2D eigenvalue weighted by Crippen LogP contribution is -2.58. The Labute approximate surface area is 120 Å². The van der Waals surface area contributed by atoms with E-state index in [0.29, 0.717) is 12.8 Å². The lowest BCUT2D eigenvalue weighted by atomic mass is 9.90. The fraction of sp³-hybridized carbons (Fsp3) is 0.867. The van der Waals surface area contributed by atoms with E-state index < -0.39 is 11.5 Å². The largest absolute Gasteiger partial charge is 0.480 e. The van der Waals surface area contributed by atoms with Crippen LogP contribution in [-0.2, 0) is 4.79 Å². The molecule has 2 aliphatic carbocycles. The molecule has 1 atom stereocenters. The minimum atomic E-state index is -1.07. The van der Waals surface area contributed by atoms with Gasteiger partial charge in [-0.25, -0.2) is 9.59 Å². The van der Waals surface area contributed by atoms with Crippen LogP contribution in [0.4, 0.5) is 4.79 Å². The number of nitrogens with one attached hydrogen (secondary N) is 2. The van der Waals surface area contributed by atoms with Crippen LogP contribution >= 0.6 is 0 Å². The van der Waals surface area contributed by atoms with Crippen LogP contribution in [0.15, 0.2) is 0 Å². The summed E-state index contributed by atoms with van der Waals surface area (Å²) in [5.74, 6) is -0.152. The van der Waals surface area contributed by atoms with E-state index >= 15 is 0 Å². The highest BCUT2D eigenvalue weighted by Crippen LogP contribution is 2.33. The molecule has 2 rings (SSSR count). The Morgan fingerprint density at radius 1 is 1.20 bits per heavy atom. The number of rotatable bonds is 5. The predicted octanol–water partition coefficient (Wildman–Crippen LogP) is 2.65. The molecule has 5 nitrogen and oxygen atoms in total. The van der Waals surface area contributed by atoms with E-state index in [1.54, 1.807) is 0 Å². The van der Waals surface area contributed by atoms with Crippen molar-refractivity contribution in [3.8, 4) is 0 Å². The molecule has 2 saturated carbocycles. The van der Waals surface area contributed by atoms with Gasteiger partial charge in [0.05, 0.1) is 0 Å². The fourth-order valence-corrected chi connectivity index (χ4v) is 3.11. The van der Waals surface area contributed by atoms with Gasteiger partial charge in [0.2, 0.25) is 0 Å². The van der Waals surface area contributed by atoms with Crippen molar-refractivity contribution in [3.63, 3.8) is 0 Å². The van der Waals surface area contributed by atoms with Gasteiger partial charge in [-0.1, -0.05) is 38.5 Å². The zero-order valence-corrected chi connectivity index (χ0v) is 12.3. The number of urea groups is 1. The van der Waals surface area contributed by atoms with Crippen molar-refractivity contribution in [2.24, 2.45) is 5.92 Å². The van der Waals surface area contributed by atoms with Crippen LogP contribution in [0.3, 0.4) is 0 Å². The van der Waals surface area contributed by atoms with Gasteiger partial charge < -0.3 is 15.7 Å². The van der Waals surface area contributed by atoms with Gasteiger partial charge in [-0.05, 0) is 32.1 Å². The van der Waals surface area contributed by atoms with Crippen molar-refractivity contribution in [2.75, 3.05) is 0 Å². The van der Waals surface area contributed by atoms with E-state index in [1.165, 1.54) is 12.8 Å². The summed E-state index contributed by atoms with van der Waals surface area (Å²) in [7, 11) is 0. The van der Waals surface area contributed by atoms with Crippen LogP contribution < -0.4 is 10.6 Å². The Morgan fingerprint density at radius 2 is 1.80 bits per heavy atom. The van der Waals surface area contributed by atoms with Gasteiger partial charge in [-0.3, -0.25) is 0 Å². The fourth-order valence-electron chi connectivity index (χ4n) is 3.11. The molecule has 1 unspecified atom stereocenters. The third kappa shape index (κ3) is 4.12. The third-order valence-corrected chi connectivity index (χ3v) is 4.48. The topological polar surface area (TPSA) is 78.4 Å². The second-order valence-electron chi connectivity index (χ2n) is 6.48. The van der Waals surface area contributed by atoms with Crippen molar-refractivity contribution in [1.29, 1.82) is 0 Å². The molecule has 0 aromatic carbocycles. The summed E-state index contributed by atoms with van der Waals surface area (Å²) in [5.41, 5.74) is -1.07. The predicted molar refractivity (Wildman–Crippen MR) is 76.5 cm³/mol. The average molecular weight is 282 g/mol. The third-order valence-electron chi connectivity index (χ3n) is 4.48. The SMILES string of the molecule is CC(CC1CC1)NC(=O)NC1(C(=O)O)CCCCCC1. The molecular weight excluding hydrogens is 256 g/mol.